The molecular formula is C18H20N2O3S2. The first-order chi connectivity index (χ1) is 12.0. The number of nitrogens with one attached hydrogen (secondary N) is 1. The fourth-order valence-corrected chi connectivity index (χ4v) is 6.28. The summed E-state index contributed by atoms with van der Waals surface area (Å²) < 4.78 is 25.6. The second-order valence-corrected chi connectivity index (χ2v) is 9.87. The summed E-state index contributed by atoms with van der Waals surface area (Å²) in [5.74, 6) is -0.0612. The zero-order valence-corrected chi connectivity index (χ0v) is 15.4. The van der Waals surface area contributed by atoms with Gasteiger partial charge in [-0.25, -0.2) is 8.42 Å². The third kappa shape index (κ3) is 3.23. The number of sulfone groups is 1. The molecule has 0 aliphatic carbocycles. The fourth-order valence-electron chi connectivity index (χ4n) is 3.58. The molecule has 1 aromatic heterocycles. The lowest BCUT2D eigenvalue weighted by Gasteiger charge is -2.23. The highest BCUT2D eigenvalue weighted by Crippen LogP contribution is 2.29. The van der Waals surface area contributed by atoms with Crippen LogP contribution in [0.2, 0.25) is 0 Å². The minimum absolute atomic E-state index is 0.0612. The summed E-state index contributed by atoms with van der Waals surface area (Å²) >= 11 is 1.06. The predicted molar refractivity (Wildman–Crippen MR) is 96.7 cm³/mol. The molecule has 1 aromatic carbocycles. The molecule has 0 saturated carbocycles. The van der Waals surface area contributed by atoms with Crippen LogP contribution in [-0.2, 0) is 9.84 Å². The Morgan fingerprint density at radius 3 is 2.60 bits per heavy atom. The highest BCUT2D eigenvalue weighted by atomic mass is 32.2. The van der Waals surface area contributed by atoms with E-state index >= 15 is 0 Å². The number of fused-ring (bicyclic) bond motifs is 2. The van der Waals surface area contributed by atoms with E-state index in [9.17, 15) is 13.2 Å². The Balaban J connectivity index is 1.56. The van der Waals surface area contributed by atoms with Crippen molar-refractivity contribution in [3.63, 3.8) is 0 Å². The van der Waals surface area contributed by atoms with E-state index in [1.54, 1.807) is 42.5 Å². The van der Waals surface area contributed by atoms with E-state index < -0.39 is 9.84 Å². The molecule has 2 bridgehead atoms. The molecule has 2 aromatic rings. The molecule has 3 heterocycles. The fraction of sp³-hybridized carbons (Fsp3) is 0.389. The number of amides is 1. The van der Waals surface area contributed by atoms with Gasteiger partial charge in [-0.1, -0.05) is 18.2 Å². The Kier molecular flexibility index (Phi) is 4.39. The van der Waals surface area contributed by atoms with Gasteiger partial charge in [0, 0.05) is 25.2 Å². The lowest BCUT2D eigenvalue weighted by Crippen LogP contribution is -2.38. The highest BCUT2D eigenvalue weighted by Gasteiger charge is 2.32. The molecule has 25 heavy (non-hydrogen) atoms. The van der Waals surface area contributed by atoms with Crippen LogP contribution in [0.3, 0.4) is 0 Å². The standard InChI is InChI=1S/C18H20N2O3S2/c21-18(20-11-10-13-6-7-14(12-20)19-13)16-8-9-17(24-16)25(22,23)15-4-2-1-3-5-15/h1-5,8-9,13-14,19H,6-7,10-12H2. The normalized spacial score (nSPS) is 23.4. The average molecular weight is 377 g/mol. The van der Waals surface area contributed by atoms with E-state index in [4.69, 9.17) is 0 Å². The van der Waals surface area contributed by atoms with E-state index in [0.717, 1.165) is 30.7 Å². The van der Waals surface area contributed by atoms with Crippen molar-refractivity contribution in [3.8, 4) is 0 Å². The Morgan fingerprint density at radius 2 is 1.80 bits per heavy atom. The van der Waals surface area contributed by atoms with Crippen molar-refractivity contribution in [1.29, 1.82) is 0 Å². The van der Waals surface area contributed by atoms with Gasteiger partial charge in [0.1, 0.15) is 4.21 Å². The molecule has 4 rings (SSSR count). The van der Waals surface area contributed by atoms with Crippen LogP contribution in [0, 0.1) is 0 Å². The van der Waals surface area contributed by atoms with Crippen molar-refractivity contribution in [3.05, 3.63) is 47.3 Å². The second-order valence-electron chi connectivity index (χ2n) is 6.61. The van der Waals surface area contributed by atoms with Gasteiger partial charge in [-0.15, -0.1) is 11.3 Å². The summed E-state index contributed by atoms with van der Waals surface area (Å²) in [7, 11) is -3.56. The SMILES string of the molecule is O=C(c1ccc(S(=O)(=O)c2ccccc2)s1)N1CCC2CCC(C1)N2. The average Bonchev–Trinajstić information content (AvgIpc) is 3.22. The predicted octanol–water partition coefficient (Wildman–Crippen LogP) is 2.55. The maximum Gasteiger partial charge on any atom is 0.264 e. The quantitative estimate of drug-likeness (QED) is 0.894. The van der Waals surface area contributed by atoms with Crippen LogP contribution in [0.1, 0.15) is 28.9 Å². The Bertz CT molecular complexity index is 877. The molecule has 0 spiro atoms. The molecule has 2 saturated heterocycles. The van der Waals surface area contributed by atoms with Gasteiger partial charge in [0.05, 0.1) is 9.77 Å². The third-order valence-electron chi connectivity index (χ3n) is 4.92. The molecular weight excluding hydrogens is 356 g/mol. The van der Waals surface area contributed by atoms with Crippen molar-refractivity contribution in [2.24, 2.45) is 0 Å². The van der Waals surface area contributed by atoms with Gasteiger partial charge in [0.2, 0.25) is 9.84 Å². The van der Waals surface area contributed by atoms with Crippen molar-refractivity contribution < 1.29 is 13.2 Å². The molecule has 5 nitrogen and oxygen atoms in total. The Labute approximate surface area is 151 Å². The number of hydrogen-bond acceptors (Lipinski definition) is 5. The van der Waals surface area contributed by atoms with Crippen LogP contribution in [0.4, 0.5) is 0 Å². The Morgan fingerprint density at radius 1 is 1.04 bits per heavy atom. The van der Waals surface area contributed by atoms with Crippen molar-refractivity contribution in [2.45, 2.75) is 40.5 Å². The number of carbonyl (C=O) groups is 1. The zero-order valence-electron chi connectivity index (χ0n) is 13.7. The monoisotopic (exact) mass is 376 g/mol. The number of likely N-dealkylation sites (tertiary alicyclic amines) is 1. The topological polar surface area (TPSA) is 66.5 Å². The summed E-state index contributed by atoms with van der Waals surface area (Å²) in [5, 5.41) is 3.55. The first kappa shape index (κ1) is 16.8. The molecule has 2 unspecified atom stereocenters. The van der Waals surface area contributed by atoms with Gasteiger partial charge in [-0.05, 0) is 43.5 Å². The third-order valence-corrected chi connectivity index (χ3v) is 8.26. The van der Waals surface area contributed by atoms with Crippen LogP contribution in [0.5, 0.6) is 0 Å². The first-order valence-electron chi connectivity index (χ1n) is 8.49. The number of thiophene rings is 1. The van der Waals surface area contributed by atoms with E-state index in [2.05, 4.69) is 5.32 Å². The van der Waals surface area contributed by atoms with Gasteiger partial charge in [0.15, 0.2) is 0 Å². The molecule has 7 heteroatoms. The molecule has 2 fully saturated rings. The molecule has 1 N–H and O–H groups in total. The number of benzene rings is 1. The van der Waals surface area contributed by atoms with E-state index in [1.807, 2.05) is 4.90 Å². The van der Waals surface area contributed by atoms with E-state index in [1.165, 1.54) is 6.42 Å². The molecule has 0 radical (unpaired) electrons. The number of hydrogen-bond donors (Lipinski definition) is 1. The summed E-state index contributed by atoms with van der Waals surface area (Å²) in [6.45, 7) is 1.43. The second kappa shape index (κ2) is 6.55. The lowest BCUT2D eigenvalue weighted by atomic mass is 10.1. The van der Waals surface area contributed by atoms with Crippen molar-refractivity contribution >= 4 is 27.1 Å². The van der Waals surface area contributed by atoms with Crippen LogP contribution in [0.25, 0.3) is 0 Å². The summed E-state index contributed by atoms with van der Waals surface area (Å²) in [6.07, 6.45) is 3.25. The van der Waals surface area contributed by atoms with E-state index in [-0.39, 0.29) is 15.0 Å². The number of carbonyl (C=O) groups excluding carboxylic acids is 1. The molecule has 2 atom stereocenters. The van der Waals surface area contributed by atoms with Crippen molar-refractivity contribution in [1.82, 2.24) is 10.2 Å². The minimum atomic E-state index is -3.56. The van der Waals surface area contributed by atoms with Gasteiger partial charge >= 0.3 is 0 Å². The maximum atomic E-state index is 12.8. The lowest BCUT2D eigenvalue weighted by molar-refractivity contribution is 0.0753. The van der Waals surface area contributed by atoms with Gasteiger partial charge in [0.25, 0.3) is 5.91 Å². The van der Waals surface area contributed by atoms with Crippen LogP contribution in [0.15, 0.2) is 51.6 Å². The van der Waals surface area contributed by atoms with Gasteiger partial charge in [-0.2, -0.15) is 0 Å². The number of nitrogens with zero attached hydrogens (tertiary/aromatic N) is 1. The summed E-state index contributed by atoms with van der Waals surface area (Å²) in [6, 6.07) is 12.4. The van der Waals surface area contributed by atoms with Gasteiger partial charge < -0.3 is 10.2 Å². The van der Waals surface area contributed by atoms with Crippen LogP contribution < -0.4 is 5.32 Å². The molecule has 132 valence electrons. The van der Waals surface area contributed by atoms with Crippen LogP contribution >= 0.6 is 11.3 Å². The molecule has 1 amide bonds. The highest BCUT2D eigenvalue weighted by molar-refractivity contribution is 7.93. The maximum absolute atomic E-state index is 12.8. The van der Waals surface area contributed by atoms with Crippen molar-refractivity contribution in [2.75, 3.05) is 13.1 Å². The summed E-state index contributed by atoms with van der Waals surface area (Å²) in [4.78, 5) is 15.4. The van der Waals surface area contributed by atoms with Crippen LogP contribution in [-0.4, -0.2) is 44.4 Å². The summed E-state index contributed by atoms with van der Waals surface area (Å²) in [5.41, 5.74) is 0. The first-order valence-corrected chi connectivity index (χ1v) is 10.8. The largest absolute Gasteiger partial charge is 0.336 e. The van der Waals surface area contributed by atoms with Gasteiger partial charge in [-0.3, -0.25) is 4.79 Å². The molecule has 2 aliphatic rings. The zero-order chi connectivity index (χ0) is 17.4. The molecule has 2 aliphatic heterocycles. The Hall–Kier alpha value is -1.70. The minimum Gasteiger partial charge on any atom is -0.336 e. The smallest absolute Gasteiger partial charge is 0.264 e. The van der Waals surface area contributed by atoms with E-state index in [0.29, 0.717) is 23.5 Å². The number of rotatable bonds is 3.